The van der Waals surface area contributed by atoms with Crippen molar-refractivity contribution in [2.45, 2.75) is 25.6 Å². The number of methoxy groups -OCH3 is 1. The molecule has 25 heavy (non-hydrogen) atoms. The molecule has 6 nitrogen and oxygen atoms in total. The van der Waals surface area contributed by atoms with E-state index >= 15 is 0 Å². The van der Waals surface area contributed by atoms with Gasteiger partial charge in [-0.05, 0) is 41.7 Å². The van der Waals surface area contributed by atoms with Crippen LogP contribution in [0.15, 0.2) is 36.7 Å². The molecule has 1 saturated heterocycles. The fraction of sp³-hybridized carbons (Fsp3) is 0.389. The van der Waals surface area contributed by atoms with Crippen LogP contribution >= 0.6 is 0 Å². The maximum atomic E-state index is 9.63. The highest BCUT2D eigenvalue weighted by atomic mass is 16.6. The number of nitrogens with zero attached hydrogens (tertiary/aromatic N) is 1. The van der Waals surface area contributed by atoms with E-state index in [1.807, 2.05) is 24.3 Å². The monoisotopic (exact) mass is 344 g/mol. The maximum Gasteiger partial charge on any atom is 0.375 e. The van der Waals surface area contributed by atoms with Crippen LogP contribution in [-0.4, -0.2) is 42.1 Å². The fourth-order valence-corrected chi connectivity index (χ4v) is 3.03. The molecule has 2 aromatic rings. The van der Waals surface area contributed by atoms with Crippen LogP contribution in [-0.2, 0) is 4.65 Å². The summed E-state index contributed by atoms with van der Waals surface area (Å²) in [6, 6.07) is 7.77. The predicted molar refractivity (Wildman–Crippen MR) is 95.7 cm³/mol. The lowest BCUT2D eigenvalue weighted by Crippen LogP contribution is -2.33. The average Bonchev–Trinajstić information content (AvgIpc) is 2.99. The van der Waals surface area contributed by atoms with Crippen molar-refractivity contribution in [1.82, 2.24) is 4.98 Å². The molecule has 1 atom stereocenters. The Morgan fingerprint density at radius 2 is 2.04 bits per heavy atom. The van der Waals surface area contributed by atoms with Crippen molar-refractivity contribution in [2.75, 3.05) is 20.3 Å². The average molecular weight is 344 g/mol. The normalized spacial score (nSPS) is 19.0. The van der Waals surface area contributed by atoms with Crippen LogP contribution in [0.25, 0.3) is 11.1 Å². The highest BCUT2D eigenvalue weighted by Crippen LogP contribution is 2.36. The van der Waals surface area contributed by atoms with Gasteiger partial charge in [0, 0.05) is 24.6 Å². The van der Waals surface area contributed by atoms with E-state index in [0.29, 0.717) is 18.1 Å². The fourth-order valence-electron chi connectivity index (χ4n) is 3.03. The molecule has 0 aliphatic carbocycles. The summed E-state index contributed by atoms with van der Waals surface area (Å²) >= 11 is 0. The van der Waals surface area contributed by atoms with Gasteiger partial charge in [-0.3, -0.25) is 4.98 Å². The van der Waals surface area contributed by atoms with Crippen LogP contribution in [0, 0.1) is 0 Å². The first kappa shape index (κ1) is 17.7. The SMILES string of the molecule is CCCOc1cc(-c2cncc([C@@H]3CO[B-](O)(O)C3)c2)ccc1OC. The Balaban J connectivity index is 1.88. The quantitative estimate of drug-likeness (QED) is 0.784. The standard InChI is InChI=1S/C18H23BNO5/c1-3-6-24-18-8-13(4-5-17(18)23-2)14-7-15(11-20-10-14)16-9-19(21,22)25-12-16/h4-5,7-8,10-11,16,21-22H,3,6,9,12H2,1-2H3/q-1/t16-/m0/s1. The second kappa shape index (κ2) is 7.43. The summed E-state index contributed by atoms with van der Waals surface area (Å²) in [4.78, 5) is 4.30. The second-order valence-electron chi connectivity index (χ2n) is 6.35. The Bertz CT molecular complexity index is 737. The van der Waals surface area contributed by atoms with Crippen molar-refractivity contribution in [3.8, 4) is 22.6 Å². The molecule has 0 spiro atoms. The Hall–Kier alpha value is -2.09. The molecule has 7 heteroatoms. The second-order valence-corrected chi connectivity index (χ2v) is 6.35. The Kier molecular flexibility index (Phi) is 5.27. The van der Waals surface area contributed by atoms with Crippen LogP contribution in [0.1, 0.15) is 24.8 Å². The zero-order valence-electron chi connectivity index (χ0n) is 14.5. The van der Waals surface area contributed by atoms with E-state index in [0.717, 1.165) is 23.1 Å². The van der Waals surface area contributed by atoms with Crippen molar-refractivity contribution in [3.05, 3.63) is 42.2 Å². The summed E-state index contributed by atoms with van der Waals surface area (Å²) in [6.45, 7) is 0.259. The zero-order valence-corrected chi connectivity index (χ0v) is 14.5. The Morgan fingerprint density at radius 3 is 2.72 bits per heavy atom. The predicted octanol–water partition coefficient (Wildman–Crippen LogP) is 2.58. The number of ether oxygens (including phenoxy) is 2. The third kappa shape index (κ3) is 4.12. The molecule has 1 aliphatic rings. The third-order valence-electron chi connectivity index (χ3n) is 4.35. The van der Waals surface area contributed by atoms with Gasteiger partial charge in [0.25, 0.3) is 0 Å². The van der Waals surface area contributed by atoms with Gasteiger partial charge in [-0.2, -0.15) is 0 Å². The molecule has 1 aromatic heterocycles. The summed E-state index contributed by atoms with van der Waals surface area (Å²) in [5.74, 6) is 1.32. The smallest absolute Gasteiger partial charge is 0.375 e. The molecule has 0 bridgehead atoms. The number of rotatable bonds is 6. The van der Waals surface area contributed by atoms with Gasteiger partial charge in [-0.25, -0.2) is 0 Å². The molecule has 134 valence electrons. The van der Waals surface area contributed by atoms with Crippen LogP contribution in [0.5, 0.6) is 11.5 Å². The van der Waals surface area contributed by atoms with Crippen LogP contribution in [0.3, 0.4) is 0 Å². The van der Waals surface area contributed by atoms with Gasteiger partial charge in [0.15, 0.2) is 11.5 Å². The summed E-state index contributed by atoms with van der Waals surface area (Å²) in [6.07, 6.45) is 4.63. The maximum absolute atomic E-state index is 9.63. The molecule has 0 amide bonds. The van der Waals surface area contributed by atoms with Gasteiger partial charge in [0.1, 0.15) is 0 Å². The van der Waals surface area contributed by atoms with E-state index < -0.39 is 6.75 Å². The van der Waals surface area contributed by atoms with Gasteiger partial charge < -0.3 is 24.2 Å². The molecule has 2 heterocycles. The molecule has 2 N–H and O–H groups in total. The van der Waals surface area contributed by atoms with Crippen molar-refractivity contribution >= 4 is 6.75 Å². The minimum Gasteiger partial charge on any atom is -0.559 e. The summed E-state index contributed by atoms with van der Waals surface area (Å²) in [5, 5.41) is 19.3. The highest BCUT2D eigenvalue weighted by Gasteiger charge is 2.33. The first-order valence-corrected chi connectivity index (χ1v) is 8.53. The molecule has 0 saturated carbocycles. The van der Waals surface area contributed by atoms with E-state index in [1.165, 1.54) is 0 Å². The van der Waals surface area contributed by atoms with Crippen molar-refractivity contribution < 1.29 is 24.2 Å². The lowest BCUT2D eigenvalue weighted by molar-refractivity contribution is 0.182. The number of pyridine rings is 1. The number of hydrogen-bond acceptors (Lipinski definition) is 6. The van der Waals surface area contributed by atoms with Crippen LogP contribution < -0.4 is 9.47 Å². The van der Waals surface area contributed by atoms with E-state index in [1.54, 1.807) is 19.5 Å². The van der Waals surface area contributed by atoms with Gasteiger partial charge in [0.05, 0.1) is 13.7 Å². The summed E-state index contributed by atoms with van der Waals surface area (Å²) < 4.78 is 16.2. The molecule has 1 fully saturated rings. The molecular formula is C18H23BNO5-. The molecule has 0 radical (unpaired) electrons. The number of aromatic nitrogens is 1. The van der Waals surface area contributed by atoms with Gasteiger partial charge in [-0.15, -0.1) is 0 Å². The van der Waals surface area contributed by atoms with Gasteiger partial charge in [0.2, 0.25) is 0 Å². The minimum atomic E-state index is -2.70. The van der Waals surface area contributed by atoms with Crippen molar-refractivity contribution in [2.24, 2.45) is 0 Å². The summed E-state index contributed by atoms with van der Waals surface area (Å²) in [7, 11) is 1.62. The molecular weight excluding hydrogens is 321 g/mol. The van der Waals surface area contributed by atoms with Crippen LogP contribution in [0.4, 0.5) is 0 Å². The molecule has 1 aromatic carbocycles. The lowest BCUT2D eigenvalue weighted by Gasteiger charge is -2.19. The molecule has 1 aliphatic heterocycles. The first-order valence-electron chi connectivity index (χ1n) is 8.53. The lowest BCUT2D eigenvalue weighted by atomic mass is 9.72. The summed E-state index contributed by atoms with van der Waals surface area (Å²) in [5.41, 5.74) is 2.82. The van der Waals surface area contributed by atoms with E-state index in [9.17, 15) is 10.0 Å². The Morgan fingerprint density at radius 1 is 1.20 bits per heavy atom. The van der Waals surface area contributed by atoms with E-state index in [4.69, 9.17) is 14.1 Å². The zero-order chi connectivity index (χ0) is 17.9. The van der Waals surface area contributed by atoms with Crippen molar-refractivity contribution in [1.29, 1.82) is 0 Å². The first-order chi connectivity index (χ1) is 12.0. The van der Waals surface area contributed by atoms with E-state index in [2.05, 4.69) is 11.9 Å². The van der Waals surface area contributed by atoms with Crippen molar-refractivity contribution in [3.63, 3.8) is 0 Å². The molecule has 0 unspecified atom stereocenters. The number of benzene rings is 1. The Labute approximate surface area is 147 Å². The van der Waals surface area contributed by atoms with E-state index in [-0.39, 0.29) is 18.8 Å². The number of hydrogen-bond donors (Lipinski definition) is 2. The minimum absolute atomic E-state index is 0.0727. The molecule has 3 rings (SSSR count). The topological polar surface area (TPSA) is 81.0 Å². The largest absolute Gasteiger partial charge is 0.559 e. The third-order valence-corrected chi connectivity index (χ3v) is 4.35. The van der Waals surface area contributed by atoms with Gasteiger partial charge in [-0.1, -0.05) is 19.3 Å². The van der Waals surface area contributed by atoms with Gasteiger partial charge >= 0.3 is 6.75 Å². The highest BCUT2D eigenvalue weighted by molar-refractivity contribution is 6.58. The van der Waals surface area contributed by atoms with Crippen LogP contribution in [0.2, 0.25) is 6.32 Å².